The largest absolute Gasteiger partial charge is 0.481 e. The first-order valence-electron chi connectivity index (χ1n) is 4.33. The highest BCUT2D eigenvalue weighted by atomic mass is 16.4. The van der Waals surface area contributed by atoms with Crippen LogP contribution in [-0.4, -0.2) is 17.6 Å². The van der Waals surface area contributed by atoms with Gasteiger partial charge in [-0.3, -0.25) is 4.79 Å². The summed E-state index contributed by atoms with van der Waals surface area (Å²) in [5.41, 5.74) is 3.24. The Balaban J connectivity index is 2.25. The Labute approximate surface area is 76.4 Å². The topological polar surface area (TPSA) is 49.3 Å². The van der Waals surface area contributed by atoms with Gasteiger partial charge in [0.25, 0.3) is 0 Å². The van der Waals surface area contributed by atoms with Crippen LogP contribution in [0.25, 0.3) is 0 Å². The summed E-state index contributed by atoms with van der Waals surface area (Å²) in [6, 6.07) is 5.82. The molecule has 1 aromatic rings. The van der Waals surface area contributed by atoms with E-state index in [2.05, 4.69) is 5.32 Å². The minimum absolute atomic E-state index is 0.106. The molecule has 1 heterocycles. The lowest BCUT2D eigenvalue weighted by Gasteiger charge is -2.02. The van der Waals surface area contributed by atoms with Crippen molar-refractivity contribution < 1.29 is 9.90 Å². The Morgan fingerprint density at radius 1 is 1.54 bits per heavy atom. The van der Waals surface area contributed by atoms with E-state index in [0.29, 0.717) is 0 Å². The molecule has 0 fully saturated rings. The maximum atomic E-state index is 10.4. The van der Waals surface area contributed by atoms with E-state index in [0.717, 1.165) is 24.2 Å². The predicted molar refractivity (Wildman–Crippen MR) is 50.0 cm³/mol. The molecular weight excluding hydrogens is 166 g/mol. The van der Waals surface area contributed by atoms with E-state index in [1.54, 1.807) is 0 Å². The van der Waals surface area contributed by atoms with Crippen LogP contribution in [0, 0.1) is 0 Å². The normalized spacial score (nSPS) is 13.5. The average molecular weight is 177 g/mol. The number of anilines is 1. The Morgan fingerprint density at radius 3 is 3.15 bits per heavy atom. The predicted octanol–water partition coefficient (Wildman–Crippen LogP) is 1.28. The van der Waals surface area contributed by atoms with Crippen LogP contribution in [0.5, 0.6) is 0 Å². The van der Waals surface area contributed by atoms with Crippen LogP contribution in [-0.2, 0) is 17.6 Å². The van der Waals surface area contributed by atoms with Gasteiger partial charge in [-0.25, -0.2) is 0 Å². The zero-order valence-electron chi connectivity index (χ0n) is 7.21. The number of fused-ring (bicyclic) bond motifs is 1. The van der Waals surface area contributed by atoms with Crippen molar-refractivity contribution in [2.24, 2.45) is 0 Å². The fourth-order valence-electron chi connectivity index (χ4n) is 1.62. The summed E-state index contributed by atoms with van der Waals surface area (Å²) >= 11 is 0. The first kappa shape index (κ1) is 8.10. The average Bonchev–Trinajstić information content (AvgIpc) is 2.49. The zero-order chi connectivity index (χ0) is 9.26. The van der Waals surface area contributed by atoms with Gasteiger partial charge in [-0.2, -0.15) is 0 Å². The molecule has 1 aliphatic rings. The maximum absolute atomic E-state index is 10.4. The summed E-state index contributed by atoms with van der Waals surface area (Å²) in [5, 5.41) is 11.8. The van der Waals surface area contributed by atoms with Gasteiger partial charge < -0.3 is 10.4 Å². The molecule has 0 saturated carbocycles. The van der Waals surface area contributed by atoms with E-state index in [1.165, 1.54) is 5.56 Å². The summed E-state index contributed by atoms with van der Waals surface area (Å²) in [4.78, 5) is 10.4. The Kier molecular flexibility index (Phi) is 1.93. The molecule has 0 unspecified atom stereocenters. The van der Waals surface area contributed by atoms with Crippen molar-refractivity contribution in [2.45, 2.75) is 12.8 Å². The van der Waals surface area contributed by atoms with Gasteiger partial charge in [-0.05, 0) is 23.6 Å². The quantitative estimate of drug-likeness (QED) is 0.715. The summed E-state index contributed by atoms with van der Waals surface area (Å²) < 4.78 is 0. The van der Waals surface area contributed by atoms with Gasteiger partial charge in [-0.1, -0.05) is 12.1 Å². The number of rotatable bonds is 2. The van der Waals surface area contributed by atoms with Crippen LogP contribution in [0.1, 0.15) is 11.1 Å². The van der Waals surface area contributed by atoms with E-state index >= 15 is 0 Å². The van der Waals surface area contributed by atoms with E-state index in [-0.39, 0.29) is 6.42 Å². The lowest BCUT2D eigenvalue weighted by atomic mass is 10.1. The number of nitrogens with one attached hydrogen (secondary N) is 1. The standard InChI is InChI=1S/C10H11NO2/c12-10(13)6-7-1-2-8-3-4-11-9(8)5-7/h1-2,5,11H,3-4,6H2,(H,12,13). The minimum Gasteiger partial charge on any atom is -0.481 e. The van der Waals surface area contributed by atoms with E-state index in [9.17, 15) is 4.79 Å². The van der Waals surface area contributed by atoms with Crippen molar-refractivity contribution in [2.75, 3.05) is 11.9 Å². The smallest absolute Gasteiger partial charge is 0.307 e. The number of benzene rings is 1. The van der Waals surface area contributed by atoms with Crippen LogP contribution in [0.2, 0.25) is 0 Å². The fourth-order valence-corrected chi connectivity index (χ4v) is 1.62. The number of carboxylic acids is 1. The number of aliphatic carboxylic acids is 1. The SMILES string of the molecule is O=C(O)Cc1ccc2c(c1)NCC2. The van der Waals surface area contributed by atoms with Gasteiger partial charge in [0.1, 0.15) is 0 Å². The van der Waals surface area contributed by atoms with Crippen LogP contribution in [0.3, 0.4) is 0 Å². The minimum atomic E-state index is -0.780. The first-order valence-corrected chi connectivity index (χ1v) is 4.33. The Hall–Kier alpha value is -1.51. The highest BCUT2D eigenvalue weighted by molar-refractivity contribution is 5.71. The highest BCUT2D eigenvalue weighted by Crippen LogP contribution is 2.23. The molecule has 3 heteroatoms. The van der Waals surface area contributed by atoms with Gasteiger partial charge >= 0.3 is 5.97 Å². The van der Waals surface area contributed by atoms with Crippen molar-refractivity contribution in [3.63, 3.8) is 0 Å². The van der Waals surface area contributed by atoms with E-state index in [4.69, 9.17) is 5.11 Å². The third-order valence-electron chi connectivity index (χ3n) is 2.24. The molecule has 0 saturated heterocycles. The Morgan fingerprint density at radius 2 is 2.38 bits per heavy atom. The molecule has 13 heavy (non-hydrogen) atoms. The van der Waals surface area contributed by atoms with Gasteiger partial charge in [0.2, 0.25) is 0 Å². The molecule has 1 aromatic carbocycles. The van der Waals surface area contributed by atoms with E-state index in [1.807, 2.05) is 18.2 Å². The molecule has 0 spiro atoms. The summed E-state index contributed by atoms with van der Waals surface area (Å²) in [7, 11) is 0. The molecule has 0 aromatic heterocycles. The molecule has 3 nitrogen and oxygen atoms in total. The van der Waals surface area contributed by atoms with Gasteiger partial charge in [0, 0.05) is 12.2 Å². The molecular formula is C10H11NO2. The molecule has 0 radical (unpaired) electrons. The second-order valence-electron chi connectivity index (χ2n) is 3.24. The number of carboxylic acid groups (broad SMARTS) is 1. The number of hydrogen-bond donors (Lipinski definition) is 2. The molecule has 0 atom stereocenters. The lowest BCUT2D eigenvalue weighted by molar-refractivity contribution is -0.136. The molecule has 2 N–H and O–H groups in total. The number of hydrogen-bond acceptors (Lipinski definition) is 2. The van der Waals surface area contributed by atoms with E-state index < -0.39 is 5.97 Å². The van der Waals surface area contributed by atoms with Gasteiger partial charge in [0.05, 0.1) is 6.42 Å². The molecule has 2 rings (SSSR count). The summed E-state index contributed by atoms with van der Waals surface area (Å²) in [5.74, 6) is -0.780. The fraction of sp³-hybridized carbons (Fsp3) is 0.300. The van der Waals surface area contributed by atoms with Crippen molar-refractivity contribution in [3.8, 4) is 0 Å². The van der Waals surface area contributed by atoms with Crippen molar-refractivity contribution in [1.82, 2.24) is 0 Å². The molecule has 0 amide bonds. The van der Waals surface area contributed by atoms with Gasteiger partial charge in [0.15, 0.2) is 0 Å². The van der Waals surface area contributed by atoms with Crippen LogP contribution in [0.15, 0.2) is 18.2 Å². The van der Waals surface area contributed by atoms with Crippen molar-refractivity contribution >= 4 is 11.7 Å². The van der Waals surface area contributed by atoms with Crippen molar-refractivity contribution in [1.29, 1.82) is 0 Å². The third kappa shape index (κ3) is 1.64. The molecule has 0 bridgehead atoms. The zero-order valence-corrected chi connectivity index (χ0v) is 7.21. The lowest BCUT2D eigenvalue weighted by Crippen LogP contribution is -2.00. The monoisotopic (exact) mass is 177 g/mol. The first-order chi connectivity index (χ1) is 6.25. The van der Waals surface area contributed by atoms with Crippen LogP contribution in [0.4, 0.5) is 5.69 Å². The third-order valence-corrected chi connectivity index (χ3v) is 2.24. The summed E-state index contributed by atoms with van der Waals surface area (Å²) in [6.45, 7) is 0.964. The molecule has 68 valence electrons. The highest BCUT2D eigenvalue weighted by Gasteiger charge is 2.10. The van der Waals surface area contributed by atoms with Crippen LogP contribution < -0.4 is 5.32 Å². The van der Waals surface area contributed by atoms with Gasteiger partial charge in [-0.15, -0.1) is 0 Å². The summed E-state index contributed by atoms with van der Waals surface area (Å²) in [6.07, 6.45) is 1.15. The number of carbonyl (C=O) groups is 1. The van der Waals surface area contributed by atoms with Crippen LogP contribution >= 0.6 is 0 Å². The maximum Gasteiger partial charge on any atom is 0.307 e. The second kappa shape index (κ2) is 3.09. The Bertz CT molecular complexity index is 347. The second-order valence-corrected chi connectivity index (χ2v) is 3.24. The van der Waals surface area contributed by atoms with Crippen molar-refractivity contribution in [3.05, 3.63) is 29.3 Å². The molecule has 1 aliphatic heterocycles. The molecule has 0 aliphatic carbocycles.